The van der Waals surface area contributed by atoms with Gasteiger partial charge in [0.05, 0.1) is 6.10 Å². The molecule has 1 aromatic heterocycles. The molecule has 0 saturated heterocycles. The van der Waals surface area contributed by atoms with E-state index in [0.29, 0.717) is 6.42 Å². The molecule has 2 aromatic carbocycles. The summed E-state index contributed by atoms with van der Waals surface area (Å²) in [4.78, 5) is 15.3. The molecule has 1 amide bonds. The molecule has 4 nitrogen and oxygen atoms in total. The van der Waals surface area contributed by atoms with Gasteiger partial charge in [-0.25, -0.2) is 4.39 Å². The van der Waals surface area contributed by atoms with E-state index >= 15 is 0 Å². The number of nitrogens with one attached hydrogen (secondary N) is 2. The van der Waals surface area contributed by atoms with Crippen molar-refractivity contribution in [1.29, 1.82) is 0 Å². The smallest absolute Gasteiger partial charge is 0.220 e. The lowest BCUT2D eigenvalue weighted by Crippen LogP contribution is -2.30. The molecule has 1 heterocycles. The highest BCUT2D eigenvalue weighted by atomic mass is 19.1. The molecule has 0 aliphatic carbocycles. The van der Waals surface area contributed by atoms with Crippen LogP contribution in [0, 0.1) is 5.82 Å². The normalized spacial score (nSPS) is 12.3. The van der Waals surface area contributed by atoms with Gasteiger partial charge in [-0.3, -0.25) is 4.79 Å². The molecule has 0 fully saturated rings. The van der Waals surface area contributed by atoms with E-state index in [1.165, 1.54) is 12.1 Å². The molecule has 0 radical (unpaired) electrons. The number of amides is 1. The molecule has 5 heteroatoms. The molecule has 3 aromatic rings. The van der Waals surface area contributed by atoms with Crippen molar-refractivity contribution < 1.29 is 14.3 Å². The van der Waals surface area contributed by atoms with E-state index in [1.54, 1.807) is 13.0 Å². The number of carbonyl (C=O) groups is 1. The zero-order chi connectivity index (χ0) is 17.8. The first-order valence-corrected chi connectivity index (χ1v) is 8.35. The van der Waals surface area contributed by atoms with E-state index in [9.17, 15) is 14.3 Å². The second kappa shape index (κ2) is 7.49. The van der Waals surface area contributed by atoms with Gasteiger partial charge in [-0.2, -0.15) is 0 Å². The van der Waals surface area contributed by atoms with Crippen LogP contribution < -0.4 is 5.32 Å². The maximum absolute atomic E-state index is 13.7. The zero-order valence-electron chi connectivity index (χ0n) is 14.1. The van der Waals surface area contributed by atoms with Crippen molar-refractivity contribution in [3.8, 4) is 11.3 Å². The Kier molecular flexibility index (Phi) is 5.14. The summed E-state index contributed by atoms with van der Waals surface area (Å²) >= 11 is 0. The number of halogens is 1. The molecule has 0 bridgehead atoms. The molecule has 1 atom stereocenters. The van der Waals surface area contributed by atoms with Crippen molar-refractivity contribution in [3.63, 3.8) is 0 Å². The van der Waals surface area contributed by atoms with E-state index in [-0.39, 0.29) is 24.7 Å². The fourth-order valence-electron chi connectivity index (χ4n) is 2.92. The Bertz CT molecular complexity index is 872. The van der Waals surface area contributed by atoms with Crippen molar-refractivity contribution in [2.24, 2.45) is 0 Å². The predicted octanol–water partition coefficient (Wildman–Crippen LogP) is 3.40. The first-order valence-electron chi connectivity index (χ1n) is 8.35. The minimum absolute atomic E-state index is 0.134. The average molecular weight is 340 g/mol. The number of hydrogen-bond donors (Lipinski definition) is 3. The van der Waals surface area contributed by atoms with E-state index < -0.39 is 6.10 Å². The van der Waals surface area contributed by atoms with Crippen molar-refractivity contribution >= 4 is 16.8 Å². The molecule has 0 aliphatic heterocycles. The van der Waals surface area contributed by atoms with Crippen LogP contribution in [0.3, 0.4) is 0 Å². The van der Waals surface area contributed by atoms with E-state index in [2.05, 4.69) is 10.3 Å². The Balaban J connectivity index is 1.91. The van der Waals surface area contributed by atoms with E-state index in [0.717, 1.165) is 27.7 Å². The van der Waals surface area contributed by atoms with Crippen LogP contribution in [0.2, 0.25) is 0 Å². The third-order valence-electron chi connectivity index (χ3n) is 4.13. The number of carbonyl (C=O) groups excluding carboxylic acids is 1. The molecular weight excluding hydrogens is 319 g/mol. The van der Waals surface area contributed by atoms with Gasteiger partial charge in [0.15, 0.2) is 0 Å². The number of aliphatic hydroxyl groups excluding tert-OH is 1. The Morgan fingerprint density at radius 3 is 2.72 bits per heavy atom. The summed E-state index contributed by atoms with van der Waals surface area (Å²) in [5.74, 6) is -0.434. The minimum Gasteiger partial charge on any atom is -0.392 e. The lowest BCUT2D eigenvalue weighted by Gasteiger charge is -2.08. The predicted molar refractivity (Wildman–Crippen MR) is 96.7 cm³/mol. The van der Waals surface area contributed by atoms with Crippen LogP contribution >= 0.6 is 0 Å². The summed E-state index contributed by atoms with van der Waals surface area (Å²) in [5.41, 5.74) is 3.68. The van der Waals surface area contributed by atoms with Crippen LogP contribution in [0.25, 0.3) is 22.2 Å². The van der Waals surface area contributed by atoms with Gasteiger partial charge in [-0.1, -0.05) is 30.3 Å². The van der Waals surface area contributed by atoms with Crippen LogP contribution in [-0.4, -0.2) is 28.6 Å². The highest BCUT2D eigenvalue weighted by Crippen LogP contribution is 2.31. The molecule has 1 unspecified atom stereocenters. The summed E-state index contributed by atoms with van der Waals surface area (Å²) in [6, 6.07) is 14.4. The highest BCUT2D eigenvalue weighted by molar-refractivity contribution is 5.91. The number of aromatic nitrogens is 1. The van der Waals surface area contributed by atoms with Gasteiger partial charge in [0.1, 0.15) is 5.82 Å². The van der Waals surface area contributed by atoms with Crippen molar-refractivity contribution in [1.82, 2.24) is 10.3 Å². The van der Waals surface area contributed by atoms with Gasteiger partial charge in [-0.15, -0.1) is 0 Å². The molecule has 3 rings (SSSR count). The molecule has 0 spiro atoms. The Morgan fingerprint density at radius 2 is 2.00 bits per heavy atom. The van der Waals surface area contributed by atoms with Crippen molar-refractivity contribution in [2.75, 3.05) is 6.54 Å². The van der Waals surface area contributed by atoms with Gasteiger partial charge in [0.25, 0.3) is 0 Å². The number of hydrogen-bond acceptors (Lipinski definition) is 2. The average Bonchev–Trinajstić information content (AvgIpc) is 2.96. The highest BCUT2D eigenvalue weighted by Gasteiger charge is 2.15. The fraction of sp³-hybridized carbons (Fsp3) is 0.250. The summed E-state index contributed by atoms with van der Waals surface area (Å²) < 4.78 is 13.7. The van der Waals surface area contributed by atoms with Gasteiger partial charge in [0.2, 0.25) is 5.91 Å². The standard InChI is InChI=1S/C20H21FN2O2/c1-13(24)12-22-19(25)10-8-16-17-11-15(21)7-9-18(17)23-20(16)14-5-3-2-4-6-14/h2-7,9,11,13,23-24H,8,10,12H2,1H3,(H,22,25). The summed E-state index contributed by atoms with van der Waals surface area (Å²) in [6.07, 6.45) is 0.182. The number of aryl methyl sites for hydroxylation is 1. The molecule has 25 heavy (non-hydrogen) atoms. The number of aromatic amines is 1. The first kappa shape index (κ1) is 17.2. The van der Waals surface area contributed by atoms with Crippen molar-refractivity contribution in [2.45, 2.75) is 25.9 Å². The monoisotopic (exact) mass is 340 g/mol. The maximum atomic E-state index is 13.7. The van der Waals surface area contributed by atoms with Crippen LogP contribution in [0.15, 0.2) is 48.5 Å². The van der Waals surface area contributed by atoms with Gasteiger partial charge in [0, 0.05) is 29.6 Å². The summed E-state index contributed by atoms with van der Waals surface area (Å²) in [6.45, 7) is 1.85. The fourth-order valence-corrected chi connectivity index (χ4v) is 2.92. The molecule has 0 aliphatic rings. The Labute approximate surface area is 145 Å². The number of benzene rings is 2. The van der Waals surface area contributed by atoms with Crippen LogP contribution in [0.1, 0.15) is 18.9 Å². The number of aliphatic hydroxyl groups is 1. The zero-order valence-corrected chi connectivity index (χ0v) is 14.1. The second-order valence-corrected chi connectivity index (χ2v) is 6.19. The number of H-pyrrole nitrogens is 1. The van der Waals surface area contributed by atoms with E-state index in [1.807, 2.05) is 30.3 Å². The quantitative estimate of drug-likeness (QED) is 0.644. The minimum atomic E-state index is -0.578. The van der Waals surface area contributed by atoms with Gasteiger partial charge < -0.3 is 15.4 Å². The van der Waals surface area contributed by atoms with Crippen LogP contribution in [0.4, 0.5) is 4.39 Å². The molecular formula is C20H21FN2O2. The van der Waals surface area contributed by atoms with E-state index in [4.69, 9.17) is 0 Å². The summed E-state index contributed by atoms with van der Waals surface area (Å²) in [5, 5.41) is 12.7. The molecule has 0 saturated carbocycles. The van der Waals surface area contributed by atoms with Crippen LogP contribution in [-0.2, 0) is 11.2 Å². The topological polar surface area (TPSA) is 65.1 Å². The number of fused-ring (bicyclic) bond motifs is 1. The Hall–Kier alpha value is -2.66. The maximum Gasteiger partial charge on any atom is 0.220 e. The third kappa shape index (κ3) is 4.06. The summed E-state index contributed by atoms with van der Waals surface area (Å²) in [7, 11) is 0. The van der Waals surface area contributed by atoms with Gasteiger partial charge >= 0.3 is 0 Å². The first-order chi connectivity index (χ1) is 12.0. The van der Waals surface area contributed by atoms with Crippen molar-refractivity contribution in [3.05, 3.63) is 59.9 Å². The third-order valence-corrected chi connectivity index (χ3v) is 4.13. The molecule has 3 N–H and O–H groups in total. The Morgan fingerprint density at radius 1 is 1.24 bits per heavy atom. The van der Waals surface area contributed by atoms with Gasteiger partial charge in [-0.05, 0) is 42.7 Å². The molecule has 130 valence electrons. The van der Waals surface area contributed by atoms with Crippen LogP contribution in [0.5, 0.6) is 0 Å². The lowest BCUT2D eigenvalue weighted by atomic mass is 10.0. The SMILES string of the molecule is CC(O)CNC(=O)CCc1c(-c2ccccc2)[nH]c2ccc(F)cc12. The second-order valence-electron chi connectivity index (χ2n) is 6.19. The largest absolute Gasteiger partial charge is 0.392 e. The lowest BCUT2D eigenvalue weighted by molar-refractivity contribution is -0.121. The number of rotatable bonds is 6.